The van der Waals surface area contributed by atoms with Gasteiger partial charge in [-0.05, 0) is 12.1 Å². The number of H-pyrrole nitrogens is 1. The van der Waals surface area contributed by atoms with E-state index in [4.69, 9.17) is 23.2 Å². The summed E-state index contributed by atoms with van der Waals surface area (Å²) in [6, 6.07) is 1.71. The van der Waals surface area contributed by atoms with Crippen LogP contribution in [0.25, 0.3) is 10.9 Å². The molecule has 29 heavy (non-hydrogen) atoms. The van der Waals surface area contributed by atoms with Crippen LogP contribution in [0.5, 0.6) is 0 Å². The van der Waals surface area contributed by atoms with Gasteiger partial charge in [-0.3, -0.25) is 14.9 Å². The zero-order valence-corrected chi connectivity index (χ0v) is 16.6. The van der Waals surface area contributed by atoms with Crippen molar-refractivity contribution >= 4 is 45.9 Å². The van der Waals surface area contributed by atoms with Crippen molar-refractivity contribution < 1.29 is 22.8 Å². The molecule has 2 aliphatic heterocycles. The van der Waals surface area contributed by atoms with Crippen LogP contribution in [0.4, 0.5) is 13.2 Å². The third kappa shape index (κ3) is 3.67. The van der Waals surface area contributed by atoms with E-state index >= 15 is 0 Å². The fraction of sp³-hybridized carbons (Fsp3) is 0.444. The monoisotopic (exact) mass is 448 g/mol. The van der Waals surface area contributed by atoms with Crippen LogP contribution in [0.3, 0.4) is 0 Å². The van der Waals surface area contributed by atoms with Gasteiger partial charge in [-0.25, -0.2) is 13.2 Å². The van der Waals surface area contributed by atoms with Crippen LogP contribution in [0, 0.1) is 5.82 Å². The molecule has 2 aromatic rings. The third-order valence-electron chi connectivity index (χ3n) is 5.29. The lowest BCUT2D eigenvalue weighted by Gasteiger charge is -2.35. The second-order valence-corrected chi connectivity index (χ2v) is 7.96. The number of aromatic nitrogens is 1. The molecule has 0 radical (unpaired) electrons. The first-order valence-corrected chi connectivity index (χ1v) is 9.78. The predicted molar refractivity (Wildman–Crippen MR) is 102 cm³/mol. The molecule has 2 N–H and O–H groups in total. The van der Waals surface area contributed by atoms with E-state index in [1.54, 1.807) is 0 Å². The van der Waals surface area contributed by atoms with E-state index in [0.29, 0.717) is 5.52 Å². The fourth-order valence-electron chi connectivity index (χ4n) is 3.73. The molecule has 1 aromatic heterocycles. The number of carbonyl (C=O) groups is 2. The summed E-state index contributed by atoms with van der Waals surface area (Å²) in [5.41, 5.74) is 0.526. The molecule has 0 aliphatic carbocycles. The largest absolute Gasteiger partial charge is 0.349 e. The SMILES string of the molecule is O=C(c1[nH]c2ccc(F)c(Cl)c2c1Cl)N1CCN(C(=O)[C@H]2CC(F)(F)CN2)CC1. The first-order valence-electron chi connectivity index (χ1n) is 9.02. The summed E-state index contributed by atoms with van der Waals surface area (Å²) in [4.78, 5) is 31.1. The molecule has 0 bridgehead atoms. The second-order valence-electron chi connectivity index (χ2n) is 7.21. The quantitative estimate of drug-likeness (QED) is 0.741. The summed E-state index contributed by atoms with van der Waals surface area (Å²) in [5.74, 6) is -4.32. The van der Waals surface area contributed by atoms with Crippen molar-refractivity contribution in [3.63, 3.8) is 0 Å². The number of nitrogens with zero attached hydrogens (tertiary/aromatic N) is 2. The number of rotatable bonds is 2. The summed E-state index contributed by atoms with van der Waals surface area (Å²) < 4.78 is 40.3. The number of amides is 2. The summed E-state index contributed by atoms with van der Waals surface area (Å²) in [6.07, 6.45) is -0.521. The molecule has 2 aliphatic rings. The summed E-state index contributed by atoms with van der Waals surface area (Å²) in [6.45, 7) is 0.385. The number of aromatic amines is 1. The van der Waals surface area contributed by atoms with Gasteiger partial charge in [0.1, 0.15) is 11.5 Å². The van der Waals surface area contributed by atoms with Gasteiger partial charge in [0.25, 0.3) is 11.8 Å². The molecule has 0 saturated carbocycles. The van der Waals surface area contributed by atoms with Crippen molar-refractivity contribution in [2.45, 2.75) is 18.4 Å². The first kappa shape index (κ1) is 20.3. The number of fused-ring (bicyclic) bond motifs is 1. The van der Waals surface area contributed by atoms with Crippen molar-refractivity contribution in [3.8, 4) is 0 Å². The average molecular weight is 449 g/mol. The molecule has 1 aromatic carbocycles. The Kier molecular flexibility index (Phi) is 5.16. The minimum Gasteiger partial charge on any atom is -0.349 e. The maximum Gasteiger partial charge on any atom is 0.271 e. The van der Waals surface area contributed by atoms with Gasteiger partial charge in [0.15, 0.2) is 0 Å². The molecule has 6 nitrogen and oxygen atoms in total. The molecule has 2 saturated heterocycles. The molecule has 3 heterocycles. The van der Waals surface area contributed by atoms with Gasteiger partial charge in [-0.2, -0.15) is 0 Å². The molecule has 1 atom stereocenters. The Labute approximate surface area is 173 Å². The van der Waals surface area contributed by atoms with Crippen molar-refractivity contribution in [2.24, 2.45) is 0 Å². The van der Waals surface area contributed by atoms with Crippen molar-refractivity contribution in [1.82, 2.24) is 20.1 Å². The Morgan fingerprint density at radius 1 is 1.07 bits per heavy atom. The van der Waals surface area contributed by atoms with E-state index in [2.05, 4.69) is 10.3 Å². The van der Waals surface area contributed by atoms with Crippen molar-refractivity contribution in [3.05, 3.63) is 33.7 Å². The van der Waals surface area contributed by atoms with E-state index in [1.165, 1.54) is 21.9 Å². The lowest BCUT2D eigenvalue weighted by Crippen LogP contribution is -2.54. The Morgan fingerprint density at radius 3 is 2.34 bits per heavy atom. The van der Waals surface area contributed by atoms with E-state index in [0.717, 1.165) is 0 Å². The van der Waals surface area contributed by atoms with Crippen LogP contribution >= 0.6 is 23.2 Å². The Bertz CT molecular complexity index is 989. The molecular weight excluding hydrogens is 432 g/mol. The zero-order valence-electron chi connectivity index (χ0n) is 15.1. The maximum atomic E-state index is 13.7. The van der Waals surface area contributed by atoms with Gasteiger partial charge in [0, 0.05) is 43.5 Å². The molecule has 0 spiro atoms. The van der Waals surface area contributed by atoms with Gasteiger partial charge in [-0.1, -0.05) is 23.2 Å². The molecule has 156 valence electrons. The van der Waals surface area contributed by atoms with Gasteiger partial charge < -0.3 is 14.8 Å². The molecule has 0 unspecified atom stereocenters. The Balaban J connectivity index is 1.45. The lowest BCUT2D eigenvalue weighted by atomic mass is 10.1. The van der Waals surface area contributed by atoms with Crippen LogP contribution in [0.15, 0.2) is 12.1 Å². The highest BCUT2D eigenvalue weighted by Crippen LogP contribution is 2.35. The van der Waals surface area contributed by atoms with E-state index in [9.17, 15) is 22.8 Å². The average Bonchev–Trinajstić information content (AvgIpc) is 3.23. The minimum atomic E-state index is -2.88. The smallest absolute Gasteiger partial charge is 0.271 e. The number of piperazine rings is 1. The highest BCUT2D eigenvalue weighted by Gasteiger charge is 2.44. The topological polar surface area (TPSA) is 68.4 Å². The first-order chi connectivity index (χ1) is 13.7. The van der Waals surface area contributed by atoms with Gasteiger partial charge in [0.05, 0.1) is 22.6 Å². The summed E-state index contributed by atoms with van der Waals surface area (Å²) >= 11 is 12.2. The van der Waals surface area contributed by atoms with Gasteiger partial charge in [-0.15, -0.1) is 0 Å². The molecule has 2 amide bonds. The van der Waals surface area contributed by atoms with Crippen LogP contribution in [0.1, 0.15) is 16.9 Å². The highest BCUT2D eigenvalue weighted by atomic mass is 35.5. The lowest BCUT2D eigenvalue weighted by molar-refractivity contribution is -0.135. The molecule has 11 heteroatoms. The maximum absolute atomic E-state index is 13.7. The number of hydrogen-bond acceptors (Lipinski definition) is 3. The molecule has 2 fully saturated rings. The van der Waals surface area contributed by atoms with Gasteiger partial charge in [0.2, 0.25) is 5.91 Å². The number of carbonyl (C=O) groups excluding carboxylic acids is 2. The van der Waals surface area contributed by atoms with Gasteiger partial charge >= 0.3 is 0 Å². The third-order valence-corrected chi connectivity index (χ3v) is 6.04. The van der Waals surface area contributed by atoms with Crippen LogP contribution in [-0.4, -0.2) is 71.3 Å². The number of hydrogen-bond donors (Lipinski definition) is 2. The molecular formula is C18H17Cl2F3N4O2. The summed E-state index contributed by atoms with van der Waals surface area (Å²) in [5, 5.41) is 2.65. The normalized spacial score (nSPS) is 21.8. The van der Waals surface area contributed by atoms with E-state index in [-0.39, 0.29) is 53.2 Å². The fourth-order valence-corrected chi connectivity index (χ4v) is 4.36. The summed E-state index contributed by atoms with van der Waals surface area (Å²) in [7, 11) is 0. The second kappa shape index (κ2) is 7.37. The zero-order chi connectivity index (χ0) is 20.9. The number of benzene rings is 1. The Morgan fingerprint density at radius 2 is 1.72 bits per heavy atom. The van der Waals surface area contributed by atoms with Crippen LogP contribution in [0.2, 0.25) is 10.0 Å². The Hall–Kier alpha value is -1.97. The number of nitrogens with one attached hydrogen (secondary N) is 2. The van der Waals surface area contributed by atoms with E-state index < -0.39 is 36.7 Å². The number of alkyl halides is 2. The molecule has 4 rings (SSSR count). The van der Waals surface area contributed by atoms with Crippen molar-refractivity contribution in [1.29, 1.82) is 0 Å². The number of halogens is 5. The minimum absolute atomic E-state index is 0.0328. The van der Waals surface area contributed by atoms with Crippen LogP contribution in [-0.2, 0) is 4.79 Å². The standard InChI is InChI=1S/C18H17Cl2F3N4O2/c19-13-9(21)1-2-10-12(13)14(20)15(25-10)17(29)27-5-3-26(4-6-27)16(28)11-7-18(22,23)8-24-11/h1-2,11,24-25H,3-8H2/t11-/m1/s1. The highest BCUT2D eigenvalue weighted by molar-refractivity contribution is 6.44. The van der Waals surface area contributed by atoms with Crippen molar-refractivity contribution in [2.75, 3.05) is 32.7 Å². The van der Waals surface area contributed by atoms with Crippen LogP contribution < -0.4 is 5.32 Å². The predicted octanol–water partition coefficient (Wildman–Crippen LogP) is 2.90. The van der Waals surface area contributed by atoms with E-state index in [1.807, 2.05) is 0 Å².